The number of fused-ring (bicyclic) bond motifs is 2. The van der Waals surface area contributed by atoms with Gasteiger partial charge in [0.25, 0.3) is 0 Å². The molecule has 1 aliphatic carbocycles. The summed E-state index contributed by atoms with van der Waals surface area (Å²) in [4.78, 5) is 14.2. The predicted molar refractivity (Wildman–Crippen MR) is 69.2 cm³/mol. The Labute approximate surface area is 109 Å². The number of carbonyl (C=O) groups is 1. The Hall–Kier alpha value is -0.610. The van der Waals surface area contributed by atoms with Gasteiger partial charge in [0.1, 0.15) is 0 Å². The zero-order valence-electron chi connectivity index (χ0n) is 11.2. The van der Waals surface area contributed by atoms with Gasteiger partial charge >= 0.3 is 0 Å². The van der Waals surface area contributed by atoms with Gasteiger partial charge in [0, 0.05) is 32.3 Å². The van der Waals surface area contributed by atoms with Gasteiger partial charge in [-0.3, -0.25) is 4.79 Å². The summed E-state index contributed by atoms with van der Waals surface area (Å²) in [5.41, 5.74) is 0. The molecule has 3 unspecified atom stereocenters. The lowest BCUT2D eigenvalue weighted by Crippen LogP contribution is -2.40. The normalized spacial score (nSPS) is 33.9. The second-order valence-corrected chi connectivity index (χ2v) is 6.17. The van der Waals surface area contributed by atoms with Gasteiger partial charge in [0.05, 0.1) is 12.5 Å². The maximum atomic E-state index is 12.3. The molecule has 102 valence electrons. The molecule has 0 aromatic heterocycles. The largest absolute Gasteiger partial charge is 0.379 e. The summed E-state index contributed by atoms with van der Waals surface area (Å²) in [5, 5.41) is 3.53. The minimum absolute atomic E-state index is 0.220. The number of rotatable bonds is 6. The smallest absolute Gasteiger partial charge is 0.227 e. The van der Waals surface area contributed by atoms with E-state index in [1.54, 1.807) is 0 Å². The Kier molecular flexibility index (Phi) is 3.57. The zero-order chi connectivity index (χ0) is 12.5. The third kappa shape index (κ3) is 2.69. The third-order valence-corrected chi connectivity index (χ3v) is 4.61. The van der Waals surface area contributed by atoms with Crippen molar-refractivity contribution < 1.29 is 9.53 Å². The van der Waals surface area contributed by atoms with E-state index in [-0.39, 0.29) is 5.92 Å². The van der Waals surface area contributed by atoms with Gasteiger partial charge in [-0.2, -0.15) is 0 Å². The van der Waals surface area contributed by atoms with Gasteiger partial charge in [-0.1, -0.05) is 0 Å². The lowest BCUT2D eigenvalue weighted by molar-refractivity contribution is -0.135. The highest BCUT2D eigenvalue weighted by molar-refractivity contribution is 5.80. The SMILES string of the molecule is CN(CCOCC1CC1)C(=O)C1CC2CCC1N2. The van der Waals surface area contributed by atoms with Gasteiger partial charge in [0.2, 0.25) is 5.91 Å². The molecule has 0 aromatic rings. The van der Waals surface area contributed by atoms with Crippen molar-refractivity contribution in [1.82, 2.24) is 10.2 Å². The fourth-order valence-electron chi connectivity index (χ4n) is 3.23. The highest BCUT2D eigenvalue weighted by Crippen LogP contribution is 2.34. The molecule has 2 saturated heterocycles. The summed E-state index contributed by atoms with van der Waals surface area (Å²) in [5.74, 6) is 1.34. The Bertz CT molecular complexity index is 317. The highest BCUT2D eigenvalue weighted by atomic mass is 16.5. The number of hydrogen-bond acceptors (Lipinski definition) is 3. The van der Waals surface area contributed by atoms with Crippen molar-refractivity contribution in [2.75, 3.05) is 26.8 Å². The van der Waals surface area contributed by atoms with E-state index in [0.29, 0.717) is 24.6 Å². The highest BCUT2D eigenvalue weighted by Gasteiger charge is 2.43. The first-order valence-corrected chi connectivity index (χ1v) is 7.33. The molecule has 3 fully saturated rings. The Balaban J connectivity index is 1.38. The Morgan fingerprint density at radius 2 is 2.17 bits per heavy atom. The number of carbonyl (C=O) groups excluding carboxylic acids is 1. The van der Waals surface area contributed by atoms with Crippen molar-refractivity contribution in [2.24, 2.45) is 11.8 Å². The van der Waals surface area contributed by atoms with Crippen LogP contribution in [0.25, 0.3) is 0 Å². The monoisotopic (exact) mass is 252 g/mol. The van der Waals surface area contributed by atoms with E-state index in [4.69, 9.17) is 4.74 Å². The van der Waals surface area contributed by atoms with Gasteiger partial charge in [-0.15, -0.1) is 0 Å². The van der Waals surface area contributed by atoms with Gasteiger partial charge in [-0.05, 0) is 38.0 Å². The number of likely N-dealkylation sites (N-methyl/N-ethyl adjacent to an activating group) is 1. The molecular formula is C14H24N2O2. The summed E-state index contributed by atoms with van der Waals surface area (Å²) < 4.78 is 5.59. The van der Waals surface area contributed by atoms with Crippen LogP contribution in [0.15, 0.2) is 0 Å². The zero-order valence-corrected chi connectivity index (χ0v) is 11.2. The summed E-state index contributed by atoms with van der Waals surface area (Å²) in [6, 6.07) is 1.04. The van der Waals surface area contributed by atoms with Crippen molar-refractivity contribution in [3.05, 3.63) is 0 Å². The topological polar surface area (TPSA) is 41.6 Å². The fraction of sp³-hybridized carbons (Fsp3) is 0.929. The molecule has 2 heterocycles. The van der Waals surface area contributed by atoms with E-state index in [2.05, 4.69) is 5.32 Å². The van der Waals surface area contributed by atoms with Crippen molar-refractivity contribution in [1.29, 1.82) is 0 Å². The van der Waals surface area contributed by atoms with Crippen molar-refractivity contribution in [3.63, 3.8) is 0 Å². The molecule has 3 aliphatic rings. The van der Waals surface area contributed by atoms with E-state index in [0.717, 1.165) is 25.5 Å². The molecule has 4 nitrogen and oxygen atoms in total. The fourth-order valence-corrected chi connectivity index (χ4v) is 3.23. The lowest BCUT2D eigenvalue weighted by Gasteiger charge is -2.25. The number of hydrogen-bond donors (Lipinski definition) is 1. The minimum Gasteiger partial charge on any atom is -0.379 e. The third-order valence-electron chi connectivity index (χ3n) is 4.61. The van der Waals surface area contributed by atoms with E-state index < -0.39 is 0 Å². The van der Waals surface area contributed by atoms with Crippen molar-refractivity contribution >= 4 is 5.91 Å². The molecule has 0 spiro atoms. The second kappa shape index (κ2) is 5.17. The molecule has 3 atom stereocenters. The maximum absolute atomic E-state index is 12.3. The van der Waals surface area contributed by atoms with E-state index in [1.165, 1.54) is 25.7 Å². The number of amides is 1. The minimum atomic E-state index is 0.220. The van der Waals surface area contributed by atoms with Crippen molar-refractivity contribution in [2.45, 2.75) is 44.2 Å². The van der Waals surface area contributed by atoms with E-state index in [1.807, 2.05) is 11.9 Å². The molecule has 3 rings (SSSR count). The standard InChI is InChI=1S/C14H24N2O2/c1-16(6-7-18-9-10-2-3-10)14(17)12-8-11-4-5-13(12)15-11/h10-13,15H,2-9H2,1H3. The Morgan fingerprint density at radius 1 is 1.33 bits per heavy atom. The molecule has 18 heavy (non-hydrogen) atoms. The second-order valence-electron chi connectivity index (χ2n) is 6.17. The Morgan fingerprint density at radius 3 is 2.78 bits per heavy atom. The maximum Gasteiger partial charge on any atom is 0.227 e. The van der Waals surface area contributed by atoms with E-state index >= 15 is 0 Å². The summed E-state index contributed by atoms with van der Waals surface area (Å²) in [6.45, 7) is 2.31. The summed E-state index contributed by atoms with van der Waals surface area (Å²) >= 11 is 0. The van der Waals surface area contributed by atoms with Crippen LogP contribution in [0.5, 0.6) is 0 Å². The molecule has 4 heteroatoms. The summed E-state index contributed by atoms with van der Waals surface area (Å²) in [6.07, 6.45) is 6.11. The van der Waals surface area contributed by atoms with Crippen LogP contribution >= 0.6 is 0 Å². The van der Waals surface area contributed by atoms with Crippen molar-refractivity contribution in [3.8, 4) is 0 Å². The number of nitrogens with one attached hydrogen (secondary N) is 1. The van der Waals surface area contributed by atoms with E-state index in [9.17, 15) is 4.79 Å². The molecule has 1 N–H and O–H groups in total. The average molecular weight is 252 g/mol. The first kappa shape index (κ1) is 12.4. The predicted octanol–water partition coefficient (Wildman–Crippen LogP) is 1.01. The molecule has 2 aliphatic heterocycles. The molecule has 2 bridgehead atoms. The van der Waals surface area contributed by atoms with Crippen LogP contribution in [-0.4, -0.2) is 49.7 Å². The molecule has 1 saturated carbocycles. The first-order valence-electron chi connectivity index (χ1n) is 7.33. The van der Waals surface area contributed by atoms with Gasteiger partial charge in [-0.25, -0.2) is 0 Å². The van der Waals surface area contributed by atoms with Crippen LogP contribution in [0, 0.1) is 11.8 Å². The quantitative estimate of drug-likeness (QED) is 0.717. The van der Waals surface area contributed by atoms with Crippen LogP contribution in [0.3, 0.4) is 0 Å². The van der Waals surface area contributed by atoms with Crippen LogP contribution in [0.4, 0.5) is 0 Å². The lowest BCUT2D eigenvalue weighted by atomic mass is 9.88. The molecule has 0 radical (unpaired) electrons. The summed E-state index contributed by atoms with van der Waals surface area (Å²) in [7, 11) is 1.91. The first-order chi connectivity index (χ1) is 8.74. The molecule has 1 amide bonds. The number of nitrogens with zero attached hydrogens (tertiary/aromatic N) is 1. The van der Waals surface area contributed by atoms with Crippen LogP contribution in [-0.2, 0) is 9.53 Å². The van der Waals surface area contributed by atoms with Crippen LogP contribution in [0.1, 0.15) is 32.1 Å². The number of ether oxygens (including phenoxy) is 1. The van der Waals surface area contributed by atoms with Crippen LogP contribution in [0.2, 0.25) is 0 Å². The van der Waals surface area contributed by atoms with Gasteiger partial charge < -0.3 is 15.0 Å². The molecular weight excluding hydrogens is 228 g/mol. The molecule has 0 aromatic carbocycles. The average Bonchev–Trinajstić information content (AvgIpc) is 2.96. The van der Waals surface area contributed by atoms with Gasteiger partial charge in [0.15, 0.2) is 0 Å². The van der Waals surface area contributed by atoms with Crippen LogP contribution < -0.4 is 5.32 Å².